The van der Waals surface area contributed by atoms with E-state index < -0.39 is 5.60 Å². The number of benzene rings is 3. The average molecular weight is 357 g/mol. The van der Waals surface area contributed by atoms with E-state index in [9.17, 15) is 4.79 Å². The van der Waals surface area contributed by atoms with Crippen molar-refractivity contribution >= 4 is 16.7 Å². The Labute approximate surface area is 160 Å². The van der Waals surface area contributed by atoms with E-state index in [1.54, 1.807) is 0 Å². The molecule has 3 heteroatoms. The molecule has 1 atom stereocenters. The van der Waals surface area contributed by atoms with Crippen molar-refractivity contribution in [2.75, 3.05) is 0 Å². The van der Waals surface area contributed by atoms with Crippen LogP contribution in [-0.2, 0) is 16.0 Å². The number of ether oxygens (including phenoxy) is 1. The third kappa shape index (κ3) is 4.74. The predicted octanol–water partition coefficient (Wildman–Crippen LogP) is 5.38. The molecule has 0 heterocycles. The van der Waals surface area contributed by atoms with E-state index in [4.69, 9.17) is 10.00 Å². The summed E-state index contributed by atoms with van der Waals surface area (Å²) in [4.78, 5) is 12.9. The number of esters is 1. The normalized spacial score (nSPS) is 12.4. The third-order valence-electron chi connectivity index (χ3n) is 4.37. The zero-order valence-corrected chi connectivity index (χ0v) is 15.9. The van der Waals surface area contributed by atoms with Gasteiger partial charge in [-0.15, -0.1) is 0 Å². The van der Waals surface area contributed by atoms with Crippen molar-refractivity contribution in [3.8, 4) is 6.07 Å². The molecule has 3 aromatic rings. The molecule has 0 bridgehead atoms. The Balaban J connectivity index is 1.95. The standard InChI is InChI=1S/C24H23NO2/c1-24(2,3)27-23(26)22(20-7-5-4-6-8-20)15-17-9-11-19-12-10-18(16-25)14-21(19)13-17/h4-14,22H,15H2,1-3H3. The fraction of sp³-hybridized carbons (Fsp3) is 0.250. The Morgan fingerprint density at radius 1 is 1.00 bits per heavy atom. The molecule has 0 saturated heterocycles. The molecule has 0 radical (unpaired) electrons. The van der Waals surface area contributed by atoms with Crippen LogP contribution < -0.4 is 0 Å². The SMILES string of the molecule is CC(C)(C)OC(=O)C(Cc1ccc2ccc(C#N)cc2c1)c1ccccc1. The van der Waals surface area contributed by atoms with Gasteiger partial charge in [0.1, 0.15) is 5.60 Å². The van der Waals surface area contributed by atoms with Gasteiger partial charge in [-0.1, -0.05) is 54.6 Å². The first-order chi connectivity index (χ1) is 12.9. The number of carbonyl (C=O) groups is 1. The highest BCUT2D eigenvalue weighted by Crippen LogP contribution is 2.27. The zero-order valence-electron chi connectivity index (χ0n) is 15.9. The fourth-order valence-electron chi connectivity index (χ4n) is 3.12. The minimum atomic E-state index is -0.533. The van der Waals surface area contributed by atoms with E-state index in [0.717, 1.165) is 21.9 Å². The first kappa shape index (κ1) is 18.7. The predicted molar refractivity (Wildman–Crippen MR) is 107 cm³/mol. The van der Waals surface area contributed by atoms with Gasteiger partial charge in [0.15, 0.2) is 0 Å². The first-order valence-electron chi connectivity index (χ1n) is 9.06. The molecule has 1 unspecified atom stereocenters. The van der Waals surface area contributed by atoms with Crippen molar-refractivity contribution in [2.45, 2.75) is 38.7 Å². The molecule has 3 rings (SSSR count). The highest BCUT2D eigenvalue weighted by atomic mass is 16.6. The Hall–Kier alpha value is -3.12. The van der Waals surface area contributed by atoms with Crippen LogP contribution in [0.2, 0.25) is 0 Å². The lowest BCUT2D eigenvalue weighted by atomic mass is 9.90. The van der Waals surface area contributed by atoms with E-state index >= 15 is 0 Å². The summed E-state index contributed by atoms with van der Waals surface area (Å²) >= 11 is 0. The molecule has 0 aliphatic carbocycles. The molecule has 136 valence electrons. The van der Waals surface area contributed by atoms with Gasteiger partial charge >= 0.3 is 5.97 Å². The fourth-order valence-corrected chi connectivity index (χ4v) is 3.12. The maximum Gasteiger partial charge on any atom is 0.314 e. The van der Waals surface area contributed by atoms with Gasteiger partial charge in [-0.25, -0.2) is 0 Å². The van der Waals surface area contributed by atoms with Crippen LogP contribution in [-0.4, -0.2) is 11.6 Å². The van der Waals surface area contributed by atoms with Crippen molar-refractivity contribution < 1.29 is 9.53 Å². The highest BCUT2D eigenvalue weighted by molar-refractivity contribution is 5.85. The summed E-state index contributed by atoms with van der Waals surface area (Å²) in [6.45, 7) is 5.64. The average Bonchev–Trinajstić information content (AvgIpc) is 2.64. The van der Waals surface area contributed by atoms with Crippen LogP contribution in [0.5, 0.6) is 0 Å². The summed E-state index contributed by atoms with van der Waals surface area (Å²) in [7, 11) is 0. The summed E-state index contributed by atoms with van der Waals surface area (Å²) in [6.07, 6.45) is 0.547. The Bertz CT molecular complexity index is 994. The van der Waals surface area contributed by atoms with Crippen LogP contribution in [0.4, 0.5) is 0 Å². The van der Waals surface area contributed by atoms with E-state index in [-0.39, 0.29) is 11.9 Å². The first-order valence-corrected chi connectivity index (χ1v) is 9.06. The van der Waals surface area contributed by atoms with Crippen molar-refractivity contribution in [3.05, 3.63) is 83.4 Å². The van der Waals surface area contributed by atoms with E-state index in [2.05, 4.69) is 12.1 Å². The minimum Gasteiger partial charge on any atom is -0.459 e. The largest absolute Gasteiger partial charge is 0.459 e. The number of fused-ring (bicyclic) bond motifs is 1. The molecule has 0 amide bonds. The van der Waals surface area contributed by atoms with Crippen LogP contribution in [0, 0.1) is 11.3 Å². The minimum absolute atomic E-state index is 0.223. The second-order valence-electron chi connectivity index (χ2n) is 7.71. The van der Waals surface area contributed by atoms with Gasteiger partial charge in [-0.2, -0.15) is 5.26 Å². The molecular formula is C24H23NO2. The van der Waals surface area contributed by atoms with Crippen LogP contribution in [0.15, 0.2) is 66.7 Å². The van der Waals surface area contributed by atoms with Crippen LogP contribution in [0.1, 0.15) is 43.4 Å². The summed E-state index contributed by atoms with van der Waals surface area (Å²) in [5, 5.41) is 11.2. The van der Waals surface area contributed by atoms with Gasteiger partial charge in [0.2, 0.25) is 0 Å². The Morgan fingerprint density at radius 2 is 1.70 bits per heavy atom. The number of hydrogen-bond acceptors (Lipinski definition) is 3. The molecule has 0 N–H and O–H groups in total. The van der Waals surface area contributed by atoms with Crippen molar-refractivity contribution in [2.24, 2.45) is 0 Å². The lowest BCUT2D eigenvalue weighted by Crippen LogP contribution is -2.28. The van der Waals surface area contributed by atoms with Gasteiger partial charge in [-0.05, 0) is 61.2 Å². The van der Waals surface area contributed by atoms with Gasteiger partial charge in [0.05, 0.1) is 17.6 Å². The smallest absolute Gasteiger partial charge is 0.314 e. The second kappa shape index (κ2) is 7.63. The van der Waals surface area contributed by atoms with E-state index in [0.29, 0.717) is 12.0 Å². The van der Waals surface area contributed by atoms with Crippen LogP contribution in [0.25, 0.3) is 10.8 Å². The van der Waals surface area contributed by atoms with Gasteiger partial charge < -0.3 is 4.74 Å². The van der Waals surface area contributed by atoms with Gasteiger partial charge in [-0.3, -0.25) is 4.79 Å². The molecule has 0 saturated carbocycles. The maximum atomic E-state index is 12.9. The molecule has 0 aliphatic rings. The summed E-state index contributed by atoms with van der Waals surface area (Å²) in [5.74, 6) is -0.596. The summed E-state index contributed by atoms with van der Waals surface area (Å²) < 4.78 is 5.67. The Kier molecular flexibility index (Phi) is 5.28. The number of hydrogen-bond donors (Lipinski definition) is 0. The summed E-state index contributed by atoms with van der Waals surface area (Å²) in [6, 6.07) is 23.7. The quantitative estimate of drug-likeness (QED) is 0.589. The monoisotopic (exact) mass is 357 g/mol. The number of rotatable bonds is 4. The molecule has 3 aromatic carbocycles. The maximum absolute atomic E-state index is 12.9. The second-order valence-corrected chi connectivity index (χ2v) is 7.71. The Morgan fingerprint density at radius 3 is 2.37 bits per heavy atom. The zero-order chi connectivity index (χ0) is 19.4. The van der Waals surface area contributed by atoms with Crippen molar-refractivity contribution in [3.63, 3.8) is 0 Å². The van der Waals surface area contributed by atoms with Crippen LogP contribution in [0.3, 0.4) is 0 Å². The topological polar surface area (TPSA) is 50.1 Å². The third-order valence-corrected chi connectivity index (χ3v) is 4.37. The lowest BCUT2D eigenvalue weighted by Gasteiger charge is -2.24. The van der Waals surface area contributed by atoms with Crippen LogP contribution >= 0.6 is 0 Å². The highest BCUT2D eigenvalue weighted by Gasteiger charge is 2.26. The van der Waals surface area contributed by atoms with Crippen molar-refractivity contribution in [1.29, 1.82) is 5.26 Å². The molecule has 0 spiro atoms. The molecule has 27 heavy (non-hydrogen) atoms. The van der Waals surface area contributed by atoms with E-state index in [1.807, 2.05) is 81.4 Å². The number of carbonyl (C=O) groups excluding carboxylic acids is 1. The van der Waals surface area contributed by atoms with Gasteiger partial charge in [0, 0.05) is 0 Å². The van der Waals surface area contributed by atoms with Gasteiger partial charge in [0.25, 0.3) is 0 Å². The van der Waals surface area contributed by atoms with Crippen molar-refractivity contribution in [1.82, 2.24) is 0 Å². The molecular weight excluding hydrogens is 334 g/mol. The molecule has 0 fully saturated rings. The summed E-state index contributed by atoms with van der Waals surface area (Å²) in [5.41, 5.74) is 2.08. The molecule has 3 nitrogen and oxygen atoms in total. The lowest BCUT2D eigenvalue weighted by molar-refractivity contribution is -0.156. The van der Waals surface area contributed by atoms with E-state index in [1.165, 1.54) is 0 Å². The molecule has 0 aromatic heterocycles. The number of nitrogens with zero attached hydrogens (tertiary/aromatic N) is 1. The number of nitriles is 1. The molecule has 0 aliphatic heterocycles.